The van der Waals surface area contributed by atoms with Gasteiger partial charge in [0.25, 0.3) is 0 Å². The summed E-state index contributed by atoms with van der Waals surface area (Å²) < 4.78 is 4.53. The molecule has 0 saturated heterocycles. The molecule has 0 bridgehead atoms. The van der Waals surface area contributed by atoms with Gasteiger partial charge in [0.2, 0.25) is 5.76 Å². The molecule has 0 fully saturated rings. The fourth-order valence-corrected chi connectivity index (χ4v) is 1.33. The SMILES string of the molecule is CCOC(=O)/C(O)=C/C(=O)/C=C/c1ccc(Cl)cc1. The van der Waals surface area contributed by atoms with Gasteiger partial charge in [-0.15, -0.1) is 0 Å². The van der Waals surface area contributed by atoms with E-state index in [9.17, 15) is 14.7 Å². The molecule has 4 nitrogen and oxygen atoms in total. The van der Waals surface area contributed by atoms with Crippen LogP contribution in [0.5, 0.6) is 0 Å². The normalized spacial score (nSPS) is 11.6. The van der Waals surface area contributed by atoms with Crippen molar-refractivity contribution >= 4 is 29.4 Å². The molecule has 0 aromatic heterocycles. The molecule has 19 heavy (non-hydrogen) atoms. The maximum atomic E-state index is 11.4. The number of hydrogen-bond acceptors (Lipinski definition) is 4. The first kappa shape index (κ1) is 15.0. The number of aliphatic hydroxyl groups excluding tert-OH is 1. The predicted octanol–water partition coefficient (Wildman–Crippen LogP) is 2.93. The van der Waals surface area contributed by atoms with Crippen LogP contribution >= 0.6 is 11.6 Å². The Labute approximate surface area is 116 Å². The third kappa shape index (κ3) is 5.40. The van der Waals surface area contributed by atoms with E-state index in [1.807, 2.05) is 0 Å². The number of halogens is 1. The lowest BCUT2D eigenvalue weighted by Crippen LogP contribution is -2.08. The average Bonchev–Trinajstić information content (AvgIpc) is 2.38. The van der Waals surface area contributed by atoms with Crippen LogP contribution in [0, 0.1) is 0 Å². The van der Waals surface area contributed by atoms with E-state index in [4.69, 9.17) is 11.6 Å². The third-order valence-corrected chi connectivity index (χ3v) is 2.33. The highest BCUT2D eigenvalue weighted by atomic mass is 35.5. The summed E-state index contributed by atoms with van der Waals surface area (Å²) >= 11 is 5.72. The zero-order valence-corrected chi connectivity index (χ0v) is 11.1. The molecule has 0 aliphatic rings. The van der Waals surface area contributed by atoms with Crippen molar-refractivity contribution in [1.29, 1.82) is 0 Å². The van der Waals surface area contributed by atoms with Gasteiger partial charge in [-0.3, -0.25) is 4.79 Å². The number of ether oxygens (including phenoxy) is 1. The zero-order valence-electron chi connectivity index (χ0n) is 10.3. The lowest BCUT2D eigenvalue weighted by Gasteiger charge is -1.98. The van der Waals surface area contributed by atoms with Crippen LogP contribution < -0.4 is 0 Å². The van der Waals surface area contributed by atoms with Crippen molar-refractivity contribution in [3.05, 3.63) is 52.8 Å². The summed E-state index contributed by atoms with van der Waals surface area (Å²) in [7, 11) is 0. The minimum Gasteiger partial charge on any atom is -0.502 e. The predicted molar refractivity (Wildman–Crippen MR) is 72.8 cm³/mol. The second-order valence-corrected chi connectivity index (χ2v) is 3.97. The van der Waals surface area contributed by atoms with Gasteiger partial charge >= 0.3 is 5.97 Å². The minimum absolute atomic E-state index is 0.130. The van der Waals surface area contributed by atoms with Crippen molar-refractivity contribution in [2.24, 2.45) is 0 Å². The van der Waals surface area contributed by atoms with Gasteiger partial charge in [-0.2, -0.15) is 0 Å². The number of hydrogen-bond donors (Lipinski definition) is 1. The maximum Gasteiger partial charge on any atom is 0.373 e. The second kappa shape index (κ2) is 7.38. The summed E-state index contributed by atoms with van der Waals surface area (Å²) in [5.74, 6) is -2.15. The Morgan fingerprint density at radius 2 is 1.95 bits per heavy atom. The topological polar surface area (TPSA) is 63.6 Å². The molecule has 0 amide bonds. The monoisotopic (exact) mass is 280 g/mol. The lowest BCUT2D eigenvalue weighted by atomic mass is 10.2. The van der Waals surface area contributed by atoms with Crippen LogP contribution in [0.25, 0.3) is 6.08 Å². The van der Waals surface area contributed by atoms with Crippen molar-refractivity contribution < 1.29 is 19.4 Å². The standard InChI is InChI=1S/C14H13ClO4/c1-2-19-14(18)13(17)9-12(16)8-5-10-3-6-11(15)7-4-10/h3-9,17H,2H2,1H3/b8-5+,13-9-. The van der Waals surface area contributed by atoms with Crippen LogP contribution in [0.4, 0.5) is 0 Å². The number of carbonyl (C=O) groups excluding carboxylic acids is 2. The molecule has 1 aromatic carbocycles. The lowest BCUT2D eigenvalue weighted by molar-refractivity contribution is -0.141. The highest BCUT2D eigenvalue weighted by Gasteiger charge is 2.09. The first-order valence-corrected chi connectivity index (χ1v) is 5.96. The van der Waals surface area contributed by atoms with E-state index < -0.39 is 17.5 Å². The van der Waals surface area contributed by atoms with Gasteiger partial charge < -0.3 is 9.84 Å². The van der Waals surface area contributed by atoms with Crippen LogP contribution in [-0.2, 0) is 14.3 Å². The van der Waals surface area contributed by atoms with Crippen LogP contribution in [0.2, 0.25) is 5.02 Å². The molecule has 100 valence electrons. The molecule has 0 aliphatic heterocycles. The summed E-state index contributed by atoms with van der Waals surface area (Å²) in [4.78, 5) is 22.5. The second-order valence-electron chi connectivity index (χ2n) is 3.54. The molecule has 0 aliphatic carbocycles. The van der Waals surface area contributed by atoms with Crippen molar-refractivity contribution in [3.63, 3.8) is 0 Å². The summed E-state index contributed by atoms with van der Waals surface area (Å²) in [5, 5.41) is 9.87. The van der Waals surface area contributed by atoms with Gasteiger partial charge in [0, 0.05) is 11.1 Å². The first-order chi connectivity index (χ1) is 9.02. The Bertz CT molecular complexity index is 515. The van der Waals surface area contributed by atoms with Crippen molar-refractivity contribution in [3.8, 4) is 0 Å². The van der Waals surface area contributed by atoms with E-state index in [0.29, 0.717) is 5.02 Å². The van der Waals surface area contributed by atoms with E-state index in [1.54, 1.807) is 37.3 Å². The quantitative estimate of drug-likeness (QED) is 0.512. The largest absolute Gasteiger partial charge is 0.502 e. The fourth-order valence-electron chi connectivity index (χ4n) is 1.20. The highest BCUT2D eigenvalue weighted by molar-refractivity contribution is 6.30. The smallest absolute Gasteiger partial charge is 0.373 e. The van der Waals surface area contributed by atoms with E-state index >= 15 is 0 Å². The Morgan fingerprint density at radius 3 is 2.53 bits per heavy atom. The van der Waals surface area contributed by atoms with Gasteiger partial charge in [-0.05, 0) is 30.7 Å². The molecule has 0 unspecified atom stereocenters. The zero-order chi connectivity index (χ0) is 14.3. The van der Waals surface area contributed by atoms with Crippen LogP contribution in [0.15, 0.2) is 42.2 Å². The number of esters is 1. The molecule has 0 saturated carbocycles. The average molecular weight is 281 g/mol. The maximum absolute atomic E-state index is 11.4. The third-order valence-electron chi connectivity index (χ3n) is 2.07. The van der Waals surface area contributed by atoms with Crippen molar-refractivity contribution in [1.82, 2.24) is 0 Å². The van der Waals surface area contributed by atoms with Crippen LogP contribution in [0.3, 0.4) is 0 Å². The number of rotatable bonds is 5. The van der Waals surface area contributed by atoms with Crippen LogP contribution in [-0.4, -0.2) is 23.5 Å². The molecule has 1 rings (SSSR count). The molecule has 5 heteroatoms. The Kier molecular flexibility index (Phi) is 5.82. The Hall–Kier alpha value is -2.07. The van der Waals surface area contributed by atoms with Gasteiger partial charge in [0.05, 0.1) is 6.61 Å². The highest BCUT2D eigenvalue weighted by Crippen LogP contribution is 2.10. The molecule has 1 aromatic rings. The van der Waals surface area contributed by atoms with Crippen molar-refractivity contribution in [2.45, 2.75) is 6.92 Å². The number of carbonyl (C=O) groups is 2. The summed E-state index contributed by atoms with van der Waals surface area (Å²) in [5.41, 5.74) is 0.779. The molecule has 0 heterocycles. The molecular formula is C14H13ClO4. The van der Waals surface area contributed by atoms with E-state index in [1.165, 1.54) is 6.08 Å². The summed E-state index contributed by atoms with van der Waals surface area (Å²) in [6.07, 6.45) is 3.59. The van der Waals surface area contributed by atoms with E-state index in [2.05, 4.69) is 4.74 Å². The van der Waals surface area contributed by atoms with E-state index in [-0.39, 0.29) is 6.61 Å². The number of aliphatic hydroxyl groups is 1. The van der Waals surface area contributed by atoms with Crippen molar-refractivity contribution in [2.75, 3.05) is 6.61 Å². The first-order valence-electron chi connectivity index (χ1n) is 5.58. The van der Waals surface area contributed by atoms with Gasteiger partial charge in [0.15, 0.2) is 5.78 Å². The molecular weight excluding hydrogens is 268 g/mol. The Balaban J connectivity index is 2.67. The molecule has 1 N–H and O–H groups in total. The number of ketones is 1. The van der Waals surface area contributed by atoms with E-state index in [0.717, 1.165) is 11.6 Å². The van der Waals surface area contributed by atoms with Crippen LogP contribution in [0.1, 0.15) is 12.5 Å². The van der Waals surface area contributed by atoms with Gasteiger partial charge in [-0.1, -0.05) is 29.8 Å². The number of benzene rings is 1. The van der Waals surface area contributed by atoms with Gasteiger partial charge in [-0.25, -0.2) is 4.79 Å². The molecule has 0 spiro atoms. The molecule has 0 radical (unpaired) electrons. The van der Waals surface area contributed by atoms with Gasteiger partial charge in [0.1, 0.15) is 0 Å². The molecule has 0 atom stereocenters. The minimum atomic E-state index is -0.921. The summed E-state index contributed by atoms with van der Waals surface area (Å²) in [6.45, 7) is 1.74. The summed E-state index contributed by atoms with van der Waals surface area (Å²) in [6, 6.07) is 6.86. The Morgan fingerprint density at radius 1 is 1.32 bits per heavy atom. The fraction of sp³-hybridized carbons (Fsp3) is 0.143. The number of allylic oxidation sites excluding steroid dienone is 2.